The second kappa shape index (κ2) is 21.2. The fourth-order valence-corrected chi connectivity index (χ4v) is 2.49. The van der Waals surface area contributed by atoms with Crippen molar-refractivity contribution in [1.29, 1.82) is 0 Å². The van der Waals surface area contributed by atoms with Crippen LogP contribution in [0.5, 0.6) is 0 Å². The maximum absolute atomic E-state index is 5.66. The number of hydrogen-bond acceptors (Lipinski definition) is 3. The first-order chi connectivity index (χ1) is 10.9. The zero-order valence-corrected chi connectivity index (χ0v) is 15.4. The van der Waals surface area contributed by atoms with Crippen molar-refractivity contribution in [3.05, 3.63) is 0 Å². The lowest BCUT2D eigenvalue weighted by atomic mass is 10.1. The first-order valence-corrected chi connectivity index (χ1v) is 9.74. The minimum atomic E-state index is 0.670. The van der Waals surface area contributed by atoms with Crippen LogP contribution in [0, 0.1) is 0 Å². The molecule has 0 rings (SSSR count). The maximum Gasteiger partial charge on any atom is 0.0701 e. The molecule has 0 spiro atoms. The Morgan fingerprint density at radius 2 is 0.909 bits per heavy atom. The van der Waals surface area contributed by atoms with Crippen molar-refractivity contribution >= 4 is 11.6 Å². The second-order valence-corrected chi connectivity index (χ2v) is 6.02. The van der Waals surface area contributed by atoms with Gasteiger partial charge in [0.25, 0.3) is 0 Å². The van der Waals surface area contributed by atoms with Crippen LogP contribution in [0.4, 0.5) is 0 Å². The van der Waals surface area contributed by atoms with Crippen molar-refractivity contribution in [2.45, 2.75) is 71.1 Å². The molecule has 0 N–H and O–H groups in total. The molecule has 0 radical (unpaired) electrons. The number of alkyl halides is 1. The van der Waals surface area contributed by atoms with E-state index in [1.165, 1.54) is 64.2 Å². The first kappa shape index (κ1) is 22.2. The van der Waals surface area contributed by atoms with Crippen LogP contribution < -0.4 is 0 Å². The Morgan fingerprint density at radius 3 is 1.41 bits per heavy atom. The average Bonchev–Trinajstić information content (AvgIpc) is 2.54. The normalized spacial score (nSPS) is 11.2. The fraction of sp³-hybridized carbons (Fsp3) is 1.00. The molecule has 3 nitrogen and oxygen atoms in total. The van der Waals surface area contributed by atoms with Gasteiger partial charge in [-0.05, 0) is 19.8 Å². The number of halogens is 1. The summed E-state index contributed by atoms with van der Waals surface area (Å²) in [5, 5.41) is 0. The molecule has 0 aliphatic rings. The highest BCUT2D eigenvalue weighted by Crippen LogP contribution is 2.10. The number of unbranched alkanes of at least 4 members (excludes halogenated alkanes) is 9. The summed E-state index contributed by atoms with van der Waals surface area (Å²) in [5.41, 5.74) is 0. The lowest BCUT2D eigenvalue weighted by Gasteiger charge is -2.06. The topological polar surface area (TPSA) is 27.7 Å². The minimum Gasteiger partial charge on any atom is -0.379 e. The monoisotopic (exact) mass is 336 g/mol. The summed E-state index contributed by atoms with van der Waals surface area (Å²) in [6.45, 7) is 6.35. The molecular weight excluding hydrogens is 300 g/mol. The van der Waals surface area contributed by atoms with Gasteiger partial charge in [-0.15, -0.1) is 11.6 Å². The van der Waals surface area contributed by atoms with E-state index in [0.29, 0.717) is 26.4 Å². The standard InChI is InChI=1S/C18H37ClO3/c1-2-20-15-16-22-18-17-21-14-12-10-8-6-4-3-5-7-9-11-13-19/h2-18H2,1H3. The largest absolute Gasteiger partial charge is 0.379 e. The summed E-state index contributed by atoms with van der Waals surface area (Å²) in [4.78, 5) is 0. The van der Waals surface area contributed by atoms with Crippen molar-refractivity contribution in [2.24, 2.45) is 0 Å². The van der Waals surface area contributed by atoms with Gasteiger partial charge in [-0.1, -0.05) is 51.4 Å². The van der Waals surface area contributed by atoms with E-state index in [1.54, 1.807) is 0 Å². The second-order valence-electron chi connectivity index (χ2n) is 5.65. The molecule has 22 heavy (non-hydrogen) atoms. The Labute approximate surface area is 143 Å². The smallest absolute Gasteiger partial charge is 0.0701 e. The predicted molar refractivity (Wildman–Crippen MR) is 95.0 cm³/mol. The van der Waals surface area contributed by atoms with Gasteiger partial charge in [0.05, 0.1) is 26.4 Å². The maximum atomic E-state index is 5.66. The first-order valence-electron chi connectivity index (χ1n) is 9.21. The molecule has 0 unspecified atom stereocenters. The molecule has 0 aliphatic heterocycles. The molecule has 0 saturated carbocycles. The molecule has 0 saturated heterocycles. The highest BCUT2D eigenvalue weighted by Gasteiger charge is 1.94. The van der Waals surface area contributed by atoms with E-state index in [1.807, 2.05) is 6.92 Å². The van der Waals surface area contributed by atoms with E-state index < -0.39 is 0 Å². The number of ether oxygens (including phenoxy) is 3. The van der Waals surface area contributed by atoms with E-state index in [0.717, 1.165) is 19.1 Å². The molecule has 0 aromatic heterocycles. The Morgan fingerprint density at radius 1 is 0.500 bits per heavy atom. The van der Waals surface area contributed by atoms with E-state index in [2.05, 4.69) is 0 Å². The Bertz CT molecular complexity index is 171. The van der Waals surface area contributed by atoms with Crippen molar-refractivity contribution in [3.63, 3.8) is 0 Å². The van der Waals surface area contributed by atoms with Gasteiger partial charge in [0.2, 0.25) is 0 Å². The van der Waals surface area contributed by atoms with Crippen LogP contribution >= 0.6 is 11.6 Å². The van der Waals surface area contributed by atoms with Crippen molar-refractivity contribution in [2.75, 3.05) is 45.5 Å². The summed E-state index contributed by atoms with van der Waals surface area (Å²) in [7, 11) is 0. The zero-order valence-electron chi connectivity index (χ0n) is 14.6. The van der Waals surface area contributed by atoms with Gasteiger partial charge in [-0.3, -0.25) is 0 Å². The van der Waals surface area contributed by atoms with Crippen molar-refractivity contribution < 1.29 is 14.2 Å². The number of hydrogen-bond donors (Lipinski definition) is 0. The van der Waals surface area contributed by atoms with Gasteiger partial charge in [0.1, 0.15) is 0 Å². The van der Waals surface area contributed by atoms with Crippen LogP contribution in [0.1, 0.15) is 71.1 Å². The van der Waals surface area contributed by atoms with Crippen LogP contribution in [0.3, 0.4) is 0 Å². The molecule has 0 bridgehead atoms. The van der Waals surface area contributed by atoms with Crippen LogP contribution in [0.15, 0.2) is 0 Å². The van der Waals surface area contributed by atoms with Crippen LogP contribution in [0.25, 0.3) is 0 Å². The van der Waals surface area contributed by atoms with Gasteiger partial charge in [-0.2, -0.15) is 0 Å². The molecular formula is C18H37ClO3. The molecule has 0 amide bonds. The Hall–Kier alpha value is 0.170. The molecule has 0 fully saturated rings. The highest BCUT2D eigenvalue weighted by molar-refractivity contribution is 6.17. The molecule has 4 heteroatoms. The van der Waals surface area contributed by atoms with Crippen molar-refractivity contribution in [3.8, 4) is 0 Å². The third-order valence-electron chi connectivity index (χ3n) is 3.62. The van der Waals surface area contributed by atoms with Gasteiger partial charge in [-0.25, -0.2) is 0 Å². The summed E-state index contributed by atoms with van der Waals surface area (Å²) in [6.07, 6.45) is 13.2. The molecule has 0 atom stereocenters. The summed E-state index contributed by atoms with van der Waals surface area (Å²) >= 11 is 5.66. The van der Waals surface area contributed by atoms with Crippen LogP contribution in [-0.4, -0.2) is 45.5 Å². The third-order valence-corrected chi connectivity index (χ3v) is 3.89. The quantitative estimate of drug-likeness (QED) is 0.240. The number of rotatable bonds is 19. The Balaban J connectivity index is 2.91. The zero-order chi connectivity index (χ0) is 16.1. The van der Waals surface area contributed by atoms with Gasteiger partial charge >= 0.3 is 0 Å². The molecule has 0 aromatic carbocycles. The van der Waals surface area contributed by atoms with E-state index in [-0.39, 0.29) is 0 Å². The van der Waals surface area contributed by atoms with E-state index in [4.69, 9.17) is 25.8 Å². The summed E-state index contributed by atoms with van der Waals surface area (Å²) < 4.78 is 16.1. The fourth-order valence-electron chi connectivity index (χ4n) is 2.30. The van der Waals surface area contributed by atoms with Gasteiger partial charge in [0.15, 0.2) is 0 Å². The van der Waals surface area contributed by atoms with Crippen LogP contribution in [-0.2, 0) is 14.2 Å². The van der Waals surface area contributed by atoms with E-state index in [9.17, 15) is 0 Å². The Kier molecular flexibility index (Phi) is 21.3. The highest BCUT2D eigenvalue weighted by atomic mass is 35.5. The lowest BCUT2D eigenvalue weighted by molar-refractivity contribution is 0.0162. The van der Waals surface area contributed by atoms with E-state index >= 15 is 0 Å². The molecule has 0 aromatic rings. The minimum absolute atomic E-state index is 0.670. The third kappa shape index (κ3) is 20.2. The lowest BCUT2D eigenvalue weighted by Crippen LogP contribution is -2.09. The summed E-state index contributed by atoms with van der Waals surface area (Å²) in [6, 6.07) is 0. The van der Waals surface area contributed by atoms with Gasteiger partial charge < -0.3 is 14.2 Å². The van der Waals surface area contributed by atoms with Gasteiger partial charge in [0, 0.05) is 19.1 Å². The SMILES string of the molecule is CCOCCOCCOCCCCCCCCCCCCCl. The molecule has 134 valence electrons. The average molecular weight is 337 g/mol. The predicted octanol–water partition coefficient (Wildman–Crippen LogP) is 5.20. The van der Waals surface area contributed by atoms with Crippen molar-refractivity contribution in [1.82, 2.24) is 0 Å². The molecule has 0 heterocycles. The van der Waals surface area contributed by atoms with Crippen LogP contribution in [0.2, 0.25) is 0 Å². The molecule has 0 aliphatic carbocycles. The summed E-state index contributed by atoms with van der Waals surface area (Å²) in [5.74, 6) is 0.821.